The van der Waals surface area contributed by atoms with Crippen LogP contribution < -0.4 is 15.5 Å². The van der Waals surface area contributed by atoms with E-state index in [1.165, 1.54) is 24.4 Å². The van der Waals surface area contributed by atoms with Crippen LogP contribution in [-0.2, 0) is 4.79 Å². The average Bonchev–Trinajstić information content (AvgIpc) is 2.62. The molecule has 0 spiro atoms. The van der Waals surface area contributed by atoms with Gasteiger partial charge in [-0.2, -0.15) is 5.10 Å². The number of carbonyl (C=O) groups is 2. The molecule has 6 nitrogen and oxygen atoms in total. The molecule has 0 radical (unpaired) electrons. The van der Waals surface area contributed by atoms with Crippen molar-refractivity contribution in [3.05, 3.63) is 63.6 Å². The molecular weight excluding hydrogens is 365 g/mol. The van der Waals surface area contributed by atoms with E-state index >= 15 is 0 Å². The monoisotopic (exact) mass is 379 g/mol. The van der Waals surface area contributed by atoms with Gasteiger partial charge in [0.25, 0.3) is 11.8 Å². The van der Waals surface area contributed by atoms with Crippen molar-refractivity contribution in [3.8, 4) is 5.75 Å². The van der Waals surface area contributed by atoms with Crippen molar-refractivity contribution in [3.63, 3.8) is 0 Å². The Labute approximate surface area is 154 Å². The topological polar surface area (TPSA) is 79.8 Å². The molecule has 0 atom stereocenters. The molecule has 0 saturated heterocycles. The average molecular weight is 380 g/mol. The van der Waals surface area contributed by atoms with Crippen LogP contribution in [-0.4, -0.2) is 31.7 Å². The van der Waals surface area contributed by atoms with Crippen molar-refractivity contribution >= 4 is 41.2 Å². The maximum Gasteiger partial charge on any atom is 0.259 e. The molecule has 0 aliphatic rings. The fourth-order valence-corrected chi connectivity index (χ4v) is 2.14. The highest BCUT2D eigenvalue weighted by Gasteiger charge is 2.09. The van der Waals surface area contributed by atoms with Crippen molar-refractivity contribution in [2.24, 2.45) is 5.10 Å². The molecule has 0 saturated carbocycles. The number of nitrogens with one attached hydrogen (secondary N) is 2. The summed E-state index contributed by atoms with van der Waals surface area (Å²) in [5, 5.41) is 6.90. The van der Waals surface area contributed by atoms with E-state index in [2.05, 4.69) is 15.8 Å². The lowest BCUT2D eigenvalue weighted by atomic mass is 10.2. The summed E-state index contributed by atoms with van der Waals surface area (Å²) in [6.45, 7) is -0.228. The number of ether oxygens (including phenoxy) is 1. The number of halogens is 2. The van der Waals surface area contributed by atoms with Crippen molar-refractivity contribution in [2.75, 3.05) is 13.7 Å². The lowest BCUT2D eigenvalue weighted by molar-refractivity contribution is -0.120. The zero-order chi connectivity index (χ0) is 18.2. The predicted octanol–water partition coefficient (Wildman–Crippen LogP) is 2.88. The Bertz CT molecular complexity index is 809. The van der Waals surface area contributed by atoms with Gasteiger partial charge in [-0.3, -0.25) is 9.59 Å². The Hall–Kier alpha value is -2.57. The van der Waals surface area contributed by atoms with Crippen LogP contribution in [0.4, 0.5) is 0 Å². The van der Waals surface area contributed by atoms with E-state index in [0.29, 0.717) is 16.3 Å². The van der Waals surface area contributed by atoms with Crippen LogP contribution in [0.25, 0.3) is 0 Å². The molecule has 0 unspecified atom stereocenters. The third-order valence-corrected chi connectivity index (χ3v) is 3.83. The van der Waals surface area contributed by atoms with Gasteiger partial charge in [0.2, 0.25) is 0 Å². The van der Waals surface area contributed by atoms with E-state index in [-0.39, 0.29) is 11.6 Å². The summed E-state index contributed by atoms with van der Waals surface area (Å²) in [5.74, 6) is -0.220. The summed E-state index contributed by atoms with van der Waals surface area (Å²) in [7, 11) is 1.56. The van der Waals surface area contributed by atoms with Gasteiger partial charge in [-0.1, -0.05) is 35.3 Å². The summed E-state index contributed by atoms with van der Waals surface area (Å²) in [5.41, 5.74) is 3.39. The first-order valence-corrected chi connectivity index (χ1v) is 7.94. The molecule has 0 aliphatic heterocycles. The van der Waals surface area contributed by atoms with Crippen molar-refractivity contribution in [1.82, 2.24) is 10.7 Å². The predicted molar refractivity (Wildman–Crippen MR) is 97.5 cm³/mol. The fourth-order valence-electron chi connectivity index (χ4n) is 1.84. The number of methoxy groups -OCH3 is 1. The van der Waals surface area contributed by atoms with Crippen LogP contribution in [0, 0.1) is 0 Å². The van der Waals surface area contributed by atoms with Gasteiger partial charge < -0.3 is 10.1 Å². The molecule has 0 aliphatic carbocycles. The molecular formula is C17H15Cl2N3O3. The fraction of sp³-hybridized carbons (Fsp3) is 0.118. The standard InChI is InChI=1S/C17H15Cl2N3O3/c1-25-13-4-2-3-11(7-13)9-21-22-16(23)10-20-17(24)12-5-6-14(18)15(19)8-12/h2-9H,10H2,1H3,(H,20,24)(H,22,23). The first-order valence-electron chi connectivity index (χ1n) is 7.19. The molecule has 2 N–H and O–H groups in total. The number of hydrogen-bond donors (Lipinski definition) is 2. The maximum atomic E-state index is 11.9. The summed E-state index contributed by atoms with van der Waals surface area (Å²) in [6.07, 6.45) is 1.47. The number of nitrogens with zero attached hydrogens (tertiary/aromatic N) is 1. The largest absolute Gasteiger partial charge is 0.497 e. The van der Waals surface area contributed by atoms with Gasteiger partial charge in [0.1, 0.15) is 5.75 Å². The zero-order valence-corrected chi connectivity index (χ0v) is 14.8. The quantitative estimate of drug-likeness (QED) is 0.598. The van der Waals surface area contributed by atoms with Crippen molar-refractivity contribution in [1.29, 1.82) is 0 Å². The van der Waals surface area contributed by atoms with E-state index in [4.69, 9.17) is 27.9 Å². The summed E-state index contributed by atoms with van der Waals surface area (Å²) in [4.78, 5) is 23.6. The van der Waals surface area contributed by atoms with Gasteiger partial charge in [-0.15, -0.1) is 0 Å². The van der Waals surface area contributed by atoms with Crippen molar-refractivity contribution in [2.45, 2.75) is 0 Å². The van der Waals surface area contributed by atoms with E-state index in [0.717, 1.165) is 5.56 Å². The smallest absolute Gasteiger partial charge is 0.259 e. The third kappa shape index (κ3) is 5.77. The molecule has 130 valence electrons. The Kier molecular flexibility index (Phi) is 6.80. The Morgan fingerprint density at radius 1 is 1.16 bits per heavy atom. The van der Waals surface area contributed by atoms with Gasteiger partial charge in [0, 0.05) is 5.56 Å². The molecule has 2 rings (SSSR count). The SMILES string of the molecule is COc1cccc(C=NNC(=O)CNC(=O)c2ccc(Cl)c(Cl)c2)c1. The number of benzene rings is 2. The summed E-state index contributed by atoms with van der Waals surface area (Å²) in [6, 6.07) is 11.6. The normalized spacial score (nSPS) is 10.5. The van der Waals surface area contributed by atoms with Gasteiger partial charge >= 0.3 is 0 Å². The van der Waals surface area contributed by atoms with Crippen LogP contribution in [0.5, 0.6) is 5.75 Å². The summed E-state index contributed by atoms with van der Waals surface area (Å²) < 4.78 is 5.09. The van der Waals surface area contributed by atoms with Crippen LogP contribution in [0.15, 0.2) is 47.6 Å². The molecule has 0 fully saturated rings. The van der Waals surface area contributed by atoms with Crippen LogP contribution in [0.1, 0.15) is 15.9 Å². The first kappa shape index (κ1) is 18.8. The minimum Gasteiger partial charge on any atom is -0.497 e. The molecule has 2 amide bonds. The Morgan fingerprint density at radius 3 is 2.68 bits per heavy atom. The zero-order valence-electron chi connectivity index (χ0n) is 13.3. The van der Waals surface area contributed by atoms with E-state index in [1.54, 1.807) is 25.3 Å². The Balaban J connectivity index is 1.82. The lowest BCUT2D eigenvalue weighted by Crippen LogP contribution is -2.34. The number of carbonyl (C=O) groups excluding carboxylic acids is 2. The highest BCUT2D eigenvalue weighted by atomic mass is 35.5. The minimum atomic E-state index is -0.465. The molecule has 2 aromatic carbocycles. The maximum absolute atomic E-state index is 11.9. The molecule has 2 aromatic rings. The third-order valence-electron chi connectivity index (χ3n) is 3.09. The van der Waals surface area contributed by atoms with Crippen LogP contribution in [0.3, 0.4) is 0 Å². The second-order valence-electron chi connectivity index (χ2n) is 4.88. The number of amides is 2. The number of rotatable bonds is 6. The van der Waals surface area contributed by atoms with E-state index < -0.39 is 11.8 Å². The van der Waals surface area contributed by atoms with Gasteiger partial charge in [0.15, 0.2) is 0 Å². The number of hydrazone groups is 1. The highest BCUT2D eigenvalue weighted by Crippen LogP contribution is 2.22. The van der Waals surface area contributed by atoms with Crippen molar-refractivity contribution < 1.29 is 14.3 Å². The van der Waals surface area contributed by atoms with Gasteiger partial charge in [-0.25, -0.2) is 5.43 Å². The van der Waals surface area contributed by atoms with Crippen LogP contribution in [0.2, 0.25) is 10.0 Å². The highest BCUT2D eigenvalue weighted by molar-refractivity contribution is 6.42. The molecule has 0 bridgehead atoms. The Morgan fingerprint density at radius 2 is 1.96 bits per heavy atom. The second kappa shape index (κ2) is 9.05. The van der Waals surface area contributed by atoms with E-state index in [1.807, 2.05) is 6.07 Å². The molecule has 0 aromatic heterocycles. The lowest BCUT2D eigenvalue weighted by Gasteiger charge is -2.05. The molecule has 0 heterocycles. The number of hydrogen-bond acceptors (Lipinski definition) is 4. The minimum absolute atomic E-state index is 0.228. The molecule has 8 heteroatoms. The van der Waals surface area contributed by atoms with Gasteiger partial charge in [-0.05, 0) is 35.9 Å². The van der Waals surface area contributed by atoms with Crippen LogP contribution >= 0.6 is 23.2 Å². The van der Waals surface area contributed by atoms with E-state index in [9.17, 15) is 9.59 Å². The first-order chi connectivity index (χ1) is 12.0. The molecule has 25 heavy (non-hydrogen) atoms. The second-order valence-corrected chi connectivity index (χ2v) is 5.70. The van der Waals surface area contributed by atoms with Gasteiger partial charge in [0.05, 0.1) is 29.9 Å². The summed E-state index contributed by atoms with van der Waals surface area (Å²) >= 11 is 11.6.